The van der Waals surface area contributed by atoms with E-state index < -0.39 is 11.8 Å². The number of aryl methyl sites for hydroxylation is 2. The predicted molar refractivity (Wildman–Crippen MR) is 70.4 cm³/mol. The van der Waals surface area contributed by atoms with Gasteiger partial charge in [-0.15, -0.1) is 0 Å². The van der Waals surface area contributed by atoms with Gasteiger partial charge in [-0.1, -0.05) is 18.2 Å². The average molecular weight is 246 g/mol. The van der Waals surface area contributed by atoms with Crippen molar-refractivity contribution in [1.82, 2.24) is 4.90 Å². The van der Waals surface area contributed by atoms with E-state index in [9.17, 15) is 9.59 Å². The molecule has 96 valence electrons. The zero-order chi connectivity index (χ0) is 13.1. The molecule has 0 spiro atoms. The maximum absolute atomic E-state index is 11.9. The van der Waals surface area contributed by atoms with Crippen LogP contribution in [0.5, 0.6) is 0 Å². The Labute approximate surface area is 107 Å². The van der Waals surface area contributed by atoms with Crippen LogP contribution in [0.2, 0.25) is 0 Å². The van der Waals surface area contributed by atoms with Crippen molar-refractivity contribution in [2.75, 3.05) is 18.4 Å². The Morgan fingerprint density at radius 1 is 1.11 bits per heavy atom. The minimum Gasteiger partial charge on any atom is -0.334 e. The van der Waals surface area contributed by atoms with Crippen LogP contribution in [-0.2, 0) is 9.59 Å². The molecular formula is C14H18N2O2. The molecular weight excluding hydrogens is 228 g/mol. The highest BCUT2D eigenvalue weighted by atomic mass is 16.2. The third-order valence-electron chi connectivity index (χ3n) is 3.31. The SMILES string of the molecule is Cc1cccc(C)c1NC(=O)C(=O)N1CCCC1. The third-order valence-corrected chi connectivity index (χ3v) is 3.31. The summed E-state index contributed by atoms with van der Waals surface area (Å²) in [6.07, 6.45) is 1.98. The second-order valence-electron chi connectivity index (χ2n) is 4.72. The van der Waals surface area contributed by atoms with Crippen LogP contribution >= 0.6 is 0 Å². The first-order chi connectivity index (χ1) is 8.59. The number of hydrogen-bond acceptors (Lipinski definition) is 2. The summed E-state index contributed by atoms with van der Waals surface area (Å²) in [6.45, 7) is 5.23. The highest BCUT2D eigenvalue weighted by Crippen LogP contribution is 2.19. The van der Waals surface area contributed by atoms with E-state index in [4.69, 9.17) is 0 Å². The molecule has 2 rings (SSSR count). The zero-order valence-electron chi connectivity index (χ0n) is 10.8. The van der Waals surface area contributed by atoms with Gasteiger partial charge < -0.3 is 10.2 Å². The quantitative estimate of drug-likeness (QED) is 0.769. The van der Waals surface area contributed by atoms with Crippen LogP contribution in [0.25, 0.3) is 0 Å². The summed E-state index contributed by atoms with van der Waals surface area (Å²) in [4.78, 5) is 25.4. The summed E-state index contributed by atoms with van der Waals surface area (Å²) in [7, 11) is 0. The third kappa shape index (κ3) is 2.53. The molecule has 0 aromatic heterocycles. The summed E-state index contributed by atoms with van der Waals surface area (Å²) in [5.74, 6) is -0.954. The first-order valence-electron chi connectivity index (χ1n) is 6.26. The van der Waals surface area contributed by atoms with E-state index >= 15 is 0 Å². The summed E-state index contributed by atoms with van der Waals surface area (Å²) in [5, 5.41) is 2.72. The number of rotatable bonds is 1. The number of nitrogens with one attached hydrogen (secondary N) is 1. The first-order valence-corrected chi connectivity index (χ1v) is 6.26. The molecule has 1 fully saturated rings. The molecule has 4 nitrogen and oxygen atoms in total. The van der Waals surface area contributed by atoms with E-state index in [1.807, 2.05) is 32.0 Å². The molecule has 0 aliphatic carbocycles. The highest BCUT2D eigenvalue weighted by molar-refractivity contribution is 6.39. The summed E-state index contributed by atoms with van der Waals surface area (Å²) in [5.41, 5.74) is 2.69. The Morgan fingerprint density at radius 2 is 1.67 bits per heavy atom. The molecule has 0 atom stereocenters. The molecule has 1 aromatic rings. The number of nitrogens with zero attached hydrogens (tertiary/aromatic N) is 1. The van der Waals surface area contributed by atoms with Crippen LogP contribution in [0.15, 0.2) is 18.2 Å². The minimum absolute atomic E-state index is 0.421. The number of benzene rings is 1. The molecule has 1 aliphatic heterocycles. The zero-order valence-corrected chi connectivity index (χ0v) is 10.8. The van der Waals surface area contributed by atoms with Gasteiger partial charge in [0, 0.05) is 18.8 Å². The molecule has 1 N–H and O–H groups in total. The van der Waals surface area contributed by atoms with Crippen LogP contribution in [0, 0.1) is 13.8 Å². The van der Waals surface area contributed by atoms with E-state index in [1.54, 1.807) is 4.90 Å². The maximum atomic E-state index is 11.9. The van der Waals surface area contributed by atoms with Crippen LogP contribution < -0.4 is 5.32 Å². The molecule has 1 aromatic carbocycles. The molecule has 4 heteroatoms. The molecule has 0 bridgehead atoms. The van der Waals surface area contributed by atoms with Gasteiger partial charge in [-0.05, 0) is 37.8 Å². The van der Waals surface area contributed by atoms with Crippen LogP contribution in [0.4, 0.5) is 5.69 Å². The molecule has 1 heterocycles. The smallest absolute Gasteiger partial charge is 0.313 e. The van der Waals surface area contributed by atoms with Gasteiger partial charge in [0.25, 0.3) is 0 Å². The van der Waals surface area contributed by atoms with Crippen LogP contribution in [0.3, 0.4) is 0 Å². The molecule has 1 aliphatic rings. The first kappa shape index (κ1) is 12.6. The predicted octanol–water partition coefficient (Wildman–Crippen LogP) is 1.86. The molecule has 1 saturated heterocycles. The normalized spacial score (nSPS) is 14.7. The number of amides is 2. The van der Waals surface area contributed by atoms with Gasteiger partial charge in [0.15, 0.2) is 0 Å². The van der Waals surface area contributed by atoms with Gasteiger partial charge in [-0.2, -0.15) is 0 Å². The van der Waals surface area contributed by atoms with E-state index in [0.717, 1.165) is 29.7 Å². The lowest BCUT2D eigenvalue weighted by atomic mass is 10.1. The van der Waals surface area contributed by atoms with E-state index in [2.05, 4.69) is 5.32 Å². The fraction of sp³-hybridized carbons (Fsp3) is 0.429. The van der Waals surface area contributed by atoms with Gasteiger partial charge >= 0.3 is 11.8 Å². The molecule has 0 saturated carbocycles. The standard InChI is InChI=1S/C14H18N2O2/c1-10-6-5-7-11(2)12(10)15-13(17)14(18)16-8-3-4-9-16/h5-7H,3-4,8-9H2,1-2H3,(H,15,17). The van der Waals surface area contributed by atoms with Crippen LogP contribution in [0.1, 0.15) is 24.0 Å². The van der Waals surface area contributed by atoms with Crippen molar-refractivity contribution >= 4 is 17.5 Å². The number of anilines is 1. The van der Waals surface area contributed by atoms with Crippen molar-refractivity contribution in [2.45, 2.75) is 26.7 Å². The topological polar surface area (TPSA) is 49.4 Å². The number of likely N-dealkylation sites (tertiary alicyclic amines) is 1. The lowest BCUT2D eigenvalue weighted by Crippen LogP contribution is -2.37. The van der Waals surface area contributed by atoms with Crippen molar-refractivity contribution in [3.63, 3.8) is 0 Å². The van der Waals surface area contributed by atoms with E-state index in [1.165, 1.54) is 0 Å². The van der Waals surface area contributed by atoms with E-state index in [-0.39, 0.29) is 0 Å². The summed E-state index contributed by atoms with van der Waals surface area (Å²) >= 11 is 0. The number of carbonyl (C=O) groups is 2. The number of hydrogen-bond donors (Lipinski definition) is 1. The fourth-order valence-electron chi connectivity index (χ4n) is 2.24. The second kappa shape index (κ2) is 5.21. The highest BCUT2D eigenvalue weighted by Gasteiger charge is 2.24. The van der Waals surface area contributed by atoms with Crippen molar-refractivity contribution in [3.05, 3.63) is 29.3 Å². The lowest BCUT2D eigenvalue weighted by molar-refractivity contribution is -0.142. The fourth-order valence-corrected chi connectivity index (χ4v) is 2.24. The van der Waals surface area contributed by atoms with Gasteiger partial charge in [0.2, 0.25) is 0 Å². The largest absolute Gasteiger partial charge is 0.334 e. The minimum atomic E-state index is -0.533. The maximum Gasteiger partial charge on any atom is 0.313 e. The molecule has 18 heavy (non-hydrogen) atoms. The van der Waals surface area contributed by atoms with Crippen molar-refractivity contribution in [3.8, 4) is 0 Å². The van der Waals surface area contributed by atoms with Crippen LogP contribution in [-0.4, -0.2) is 29.8 Å². The molecule has 0 radical (unpaired) electrons. The van der Waals surface area contributed by atoms with Gasteiger partial charge in [0.1, 0.15) is 0 Å². The van der Waals surface area contributed by atoms with Crippen molar-refractivity contribution in [1.29, 1.82) is 0 Å². The van der Waals surface area contributed by atoms with Gasteiger partial charge in [-0.25, -0.2) is 0 Å². The molecule has 0 unspecified atom stereocenters. The summed E-state index contributed by atoms with van der Waals surface area (Å²) < 4.78 is 0. The molecule has 2 amide bonds. The van der Waals surface area contributed by atoms with Crippen molar-refractivity contribution < 1.29 is 9.59 Å². The summed E-state index contributed by atoms with van der Waals surface area (Å²) in [6, 6.07) is 5.77. The second-order valence-corrected chi connectivity index (χ2v) is 4.72. The van der Waals surface area contributed by atoms with Crippen molar-refractivity contribution in [2.24, 2.45) is 0 Å². The number of carbonyl (C=O) groups excluding carboxylic acids is 2. The Bertz CT molecular complexity index is 456. The Hall–Kier alpha value is -1.84. The average Bonchev–Trinajstić information content (AvgIpc) is 2.86. The Kier molecular flexibility index (Phi) is 3.65. The Morgan fingerprint density at radius 3 is 2.22 bits per heavy atom. The Balaban J connectivity index is 2.09. The lowest BCUT2D eigenvalue weighted by Gasteiger charge is -2.16. The van der Waals surface area contributed by atoms with Gasteiger partial charge in [0.05, 0.1) is 0 Å². The monoisotopic (exact) mass is 246 g/mol. The van der Waals surface area contributed by atoms with E-state index in [0.29, 0.717) is 13.1 Å². The van der Waals surface area contributed by atoms with Gasteiger partial charge in [-0.3, -0.25) is 9.59 Å². The number of para-hydroxylation sites is 1.